The summed E-state index contributed by atoms with van der Waals surface area (Å²) in [7, 11) is -6.43. The Morgan fingerprint density at radius 2 is 1.79 bits per heavy atom. The quantitative estimate of drug-likeness (QED) is 0.734. The predicted molar refractivity (Wildman–Crippen MR) is 75.6 cm³/mol. The third kappa shape index (κ3) is 4.06. The molecular weight excluding hydrogens is 310 g/mol. The second-order valence-corrected chi connectivity index (χ2v) is 10.4. The molecule has 1 saturated carbocycles. The van der Waals surface area contributed by atoms with Crippen LogP contribution in [0.1, 0.15) is 32.1 Å². The van der Waals surface area contributed by atoms with E-state index in [-0.39, 0.29) is 29.8 Å². The highest BCUT2D eigenvalue weighted by molar-refractivity contribution is 7.92. The van der Waals surface area contributed by atoms with Crippen LogP contribution >= 0.6 is 11.6 Å². The molecular formula is C11H20ClNO4S2. The van der Waals surface area contributed by atoms with Crippen molar-refractivity contribution in [2.45, 2.75) is 37.4 Å². The first-order valence-electron chi connectivity index (χ1n) is 6.54. The zero-order chi connectivity index (χ0) is 14.1. The normalized spacial score (nSPS) is 26.2. The number of sulfonamides is 1. The lowest BCUT2D eigenvalue weighted by molar-refractivity contribution is 0.472. The van der Waals surface area contributed by atoms with Gasteiger partial charge in [-0.25, -0.2) is 21.6 Å². The van der Waals surface area contributed by atoms with Crippen LogP contribution in [0.5, 0.6) is 0 Å². The fourth-order valence-electron chi connectivity index (χ4n) is 2.44. The molecule has 1 aliphatic heterocycles. The Balaban J connectivity index is 1.89. The van der Waals surface area contributed by atoms with Gasteiger partial charge in [-0.2, -0.15) is 0 Å². The molecule has 5 nitrogen and oxygen atoms in total. The molecule has 1 N–H and O–H groups in total. The summed E-state index contributed by atoms with van der Waals surface area (Å²) in [5.41, 5.74) is 0.0512. The van der Waals surface area contributed by atoms with E-state index < -0.39 is 25.1 Å². The minimum atomic E-state index is -3.40. The van der Waals surface area contributed by atoms with Crippen molar-refractivity contribution in [1.29, 1.82) is 0 Å². The number of hydrogen-bond acceptors (Lipinski definition) is 4. The molecule has 0 aromatic carbocycles. The third-order valence-electron chi connectivity index (χ3n) is 4.17. The van der Waals surface area contributed by atoms with Gasteiger partial charge in [0.25, 0.3) is 0 Å². The first-order chi connectivity index (χ1) is 8.79. The summed E-state index contributed by atoms with van der Waals surface area (Å²) in [5, 5.41) is -0.567. The molecule has 0 spiro atoms. The second kappa shape index (κ2) is 5.50. The van der Waals surface area contributed by atoms with Crippen LogP contribution in [0, 0.1) is 5.41 Å². The van der Waals surface area contributed by atoms with Gasteiger partial charge in [-0.1, -0.05) is 0 Å². The molecule has 0 unspecified atom stereocenters. The Bertz CT molecular complexity index is 511. The van der Waals surface area contributed by atoms with Crippen molar-refractivity contribution in [2.75, 3.05) is 23.9 Å². The molecule has 0 aromatic heterocycles. The van der Waals surface area contributed by atoms with E-state index in [4.69, 9.17) is 11.6 Å². The van der Waals surface area contributed by atoms with Crippen LogP contribution in [0.3, 0.4) is 0 Å². The molecule has 2 aliphatic rings. The van der Waals surface area contributed by atoms with Crippen LogP contribution in [0.4, 0.5) is 0 Å². The Hall–Kier alpha value is 0.150. The first-order valence-corrected chi connectivity index (χ1v) is 10.4. The average molecular weight is 330 g/mol. The van der Waals surface area contributed by atoms with Gasteiger partial charge in [0.1, 0.15) is 9.84 Å². The minimum absolute atomic E-state index is 0.0224. The molecule has 0 aromatic rings. The number of nitrogens with one attached hydrogen (secondary N) is 1. The molecule has 1 aliphatic carbocycles. The highest BCUT2D eigenvalue weighted by Gasteiger charge is 2.43. The van der Waals surface area contributed by atoms with E-state index in [0.29, 0.717) is 12.4 Å². The SMILES string of the molecule is O=S1(=O)CCC(S(=O)(=O)NCC2(CCCl)CC2)CC1. The summed E-state index contributed by atoms with van der Waals surface area (Å²) < 4.78 is 49.5. The summed E-state index contributed by atoms with van der Waals surface area (Å²) in [6.07, 6.45) is 3.28. The Kier molecular flexibility index (Phi) is 4.50. The van der Waals surface area contributed by atoms with E-state index >= 15 is 0 Å². The molecule has 0 atom stereocenters. The van der Waals surface area contributed by atoms with Gasteiger partial charge in [-0.05, 0) is 37.5 Å². The van der Waals surface area contributed by atoms with Crippen molar-refractivity contribution < 1.29 is 16.8 Å². The van der Waals surface area contributed by atoms with Gasteiger partial charge >= 0.3 is 0 Å². The minimum Gasteiger partial charge on any atom is -0.229 e. The van der Waals surface area contributed by atoms with Crippen molar-refractivity contribution in [3.8, 4) is 0 Å². The number of alkyl halides is 1. The van der Waals surface area contributed by atoms with Gasteiger partial charge < -0.3 is 0 Å². The summed E-state index contributed by atoms with van der Waals surface area (Å²) >= 11 is 5.71. The molecule has 0 bridgehead atoms. The lowest BCUT2D eigenvalue weighted by Gasteiger charge is -2.23. The summed E-state index contributed by atoms with van der Waals surface area (Å²) in [5.74, 6) is 0.500. The third-order valence-corrected chi connectivity index (χ3v) is 7.97. The van der Waals surface area contributed by atoms with Gasteiger partial charge in [0.05, 0.1) is 16.8 Å². The van der Waals surface area contributed by atoms with Crippen LogP contribution < -0.4 is 4.72 Å². The maximum Gasteiger partial charge on any atom is 0.214 e. The zero-order valence-electron chi connectivity index (χ0n) is 10.8. The van der Waals surface area contributed by atoms with E-state index in [1.54, 1.807) is 0 Å². The largest absolute Gasteiger partial charge is 0.229 e. The van der Waals surface area contributed by atoms with Crippen molar-refractivity contribution in [1.82, 2.24) is 4.72 Å². The maximum absolute atomic E-state index is 12.1. The van der Waals surface area contributed by atoms with Crippen molar-refractivity contribution in [3.05, 3.63) is 0 Å². The van der Waals surface area contributed by atoms with Gasteiger partial charge in [0.2, 0.25) is 10.0 Å². The Morgan fingerprint density at radius 3 is 2.26 bits per heavy atom. The van der Waals surface area contributed by atoms with Crippen LogP contribution in [0.2, 0.25) is 0 Å². The van der Waals surface area contributed by atoms with Gasteiger partial charge in [0, 0.05) is 12.4 Å². The zero-order valence-corrected chi connectivity index (χ0v) is 13.2. The molecule has 1 heterocycles. The molecule has 0 amide bonds. The Morgan fingerprint density at radius 1 is 1.21 bits per heavy atom. The smallest absolute Gasteiger partial charge is 0.214 e. The number of halogens is 1. The van der Waals surface area contributed by atoms with E-state index in [9.17, 15) is 16.8 Å². The lowest BCUT2D eigenvalue weighted by atomic mass is 10.1. The van der Waals surface area contributed by atoms with Crippen LogP contribution in [-0.2, 0) is 19.9 Å². The highest BCUT2D eigenvalue weighted by atomic mass is 35.5. The van der Waals surface area contributed by atoms with Crippen molar-refractivity contribution in [3.63, 3.8) is 0 Å². The first kappa shape index (κ1) is 15.5. The highest BCUT2D eigenvalue weighted by Crippen LogP contribution is 2.48. The predicted octanol–water partition coefficient (Wildman–Crippen LogP) is 0.892. The lowest BCUT2D eigenvalue weighted by Crippen LogP contribution is -2.41. The number of sulfone groups is 1. The average Bonchev–Trinajstić information content (AvgIpc) is 3.07. The van der Waals surface area contributed by atoms with E-state index in [0.717, 1.165) is 19.3 Å². The summed E-state index contributed by atoms with van der Waals surface area (Å²) in [6, 6.07) is 0. The molecule has 0 radical (unpaired) electrons. The second-order valence-electron chi connectivity index (χ2n) is 5.66. The molecule has 1 saturated heterocycles. The van der Waals surface area contributed by atoms with Crippen molar-refractivity contribution >= 4 is 31.5 Å². The molecule has 2 rings (SSSR count). The molecule has 8 heteroatoms. The van der Waals surface area contributed by atoms with Crippen LogP contribution in [0.15, 0.2) is 0 Å². The van der Waals surface area contributed by atoms with Crippen molar-refractivity contribution in [2.24, 2.45) is 5.41 Å². The number of hydrogen-bond donors (Lipinski definition) is 1. The van der Waals surface area contributed by atoms with Crippen LogP contribution in [0.25, 0.3) is 0 Å². The van der Waals surface area contributed by atoms with E-state index in [1.165, 1.54) is 0 Å². The van der Waals surface area contributed by atoms with Gasteiger partial charge in [0.15, 0.2) is 0 Å². The molecule has 2 fully saturated rings. The fraction of sp³-hybridized carbons (Fsp3) is 1.00. The van der Waals surface area contributed by atoms with E-state index in [2.05, 4.69) is 4.72 Å². The maximum atomic E-state index is 12.1. The monoisotopic (exact) mass is 329 g/mol. The standard InChI is InChI=1S/C11H20ClNO4S2/c12-6-5-11(3-4-11)9-13-19(16,17)10-1-7-18(14,15)8-2-10/h10,13H,1-9H2. The summed E-state index contributed by atoms with van der Waals surface area (Å²) in [4.78, 5) is 0. The Labute approximate surface area is 120 Å². The summed E-state index contributed by atoms with van der Waals surface area (Å²) in [6.45, 7) is 0.436. The number of rotatable bonds is 6. The van der Waals surface area contributed by atoms with Gasteiger partial charge in [-0.3, -0.25) is 0 Å². The molecule has 19 heavy (non-hydrogen) atoms. The van der Waals surface area contributed by atoms with Crippen LogP contribution in [-0.4, -0.2) is 46.0 Å². The molecule has 112 valence electrons. The van der Waals surface area contributed by atoms with E-state index in [1.807, 2.05) is 0 Å². The topological polar surface area (TPSA) is 80.3 Å². The fourth-order valence-corrected chi connectivity index (χ4v) is 6.23. The van der Waals surface area contributed by atoms with Gasteiger partial charge in [-0.15, -0.1) is 11.6 Å².